The summed E-state index contributed by atoms with van der Waals surface area (Å²) in [5.74, 6) is -0.795. The molecule has 2 amide bonds. The second-order valence-corrected chi connectivity index (χ2v) is 6.84. The lowest BCUT2D eigenvalue weighted by Crippen LogP contribution is -2.21. The molecular weight excluding hydrogens is 421 g/mol. The Bertz CT molecular complexity index is 1180. The van der Waals surface area contributed by atoms with E-state index in [2.05, 4.69) is 28.9 Å². The molecule has 0 aliphatic heterocycles. The van der Waals surface area contributed by atoms with Crippen LogP contribution in [-0.2, 0) is 11.8 Å². The number of aromatic nitrogens is 2. The minimum Gasteiger partial charge on any atom is -0.322 e. The summed E-state index contributed by atoms with van der Waals surface area (Å²) in [5, 5.41) is 9.50. The molecule has 1 aromatic heterocycles. The van der Waals surface area contributed by atoms with Gasteiger partial charge in [-0.15, -0.1) is 0 Å². The van der Waals surface area contributed by atoms with Crippen molar-refractivity contribution >= 4 is 23.3 Å². The van der Waals surface area contributed by atoms with Crippen molar-refractivity contribution < 1.29 is 22.8 Å². The lowest BCUT2D eigenvalue weighted by Gasteiger charge is -2.13. The largest absolute Gasteiger partial charge is 0.416 e. The molecule has 164 valence electrons. The Morgan fingerprint density at radius 1 is 0.969 bits per heavy atom. The molecule has 3 aromatic rings. The molecule has 9 heteroatoms. The van der Waals surface area contributed by atoms with Crippen LogP contribution in [0.15, 0.2) is 85.0 Å². The second kappa shape index (κ2) is 8.93. The van der Waals surface area contributed by atoms with Crippen molar-refractivity contribution in [2.75, 3.05) is 10.6 Å². The number of anilines is 2. The smallest absolute Gasteiger partial charge is 0.322 e. The zero-order valence-corrected chi connectivity index (χ0v) is 17.0. The van der Waals surface area contributed by atoms with E-state index in [4.69, 9.17) is 0 Å². The summed E-state index contributed by atoms with van der Waals surface area (Å²) in [4.78, 5) is 24.3. The molecule has 0 saturated heterocycles. The van der Waals surface area contributed by atoms with Gasteiger partial charge < -0.3 is 10.6 Å². The molecule has 0 fully saturated rings. The van der Waals surface area contributed by atoms with Gasteiger partial charge in [0.2, 0.25) is 0 Å². The van der Waals surface area contributed by atoms with Crippen LogP contribution in [0.25, 0.3) is 11.3 Å². The molecule has 0 aliphatic carbocycles. The third-order valence-corrected chi connectivity index (χ3v) is 4.58. The molecule has 0 spiro atoms. The van der Waals surface area contributed by atoms with E-state index in [1.165, 1.54) is 16.8 Å². The Morgan fingerprint density at radius 2 is 1.59 bits per heavy atom. The molecule has 1 heterocycles. The van der Waals surface area contributed by atoms with E-state index in [0.717, 1.165) is 0 Å². The van der Waals surface area contributed by atoms with Gasteiger partial charge in [0.1, 0.15) is 5.82 Å². The van der Waals surface area contributed by atoms with E-state index >= 15 is 0 Å². The Morgan fingerprint density at radius 3 is 2.19 bits per heavy atom. The van der Waals surface area contributed by atoms with Crippen molar-refractivity contribution in [3.8, 4) is 11.3 Å². The zero-order chi connectivity index (χ0) is 23.5. The van der Waals surface area contributed by atoms with Crippen LogP contribution >= 0.6 is 0 Å². The van der Waals surface area contributed by atoms with Gasteiger partial charge in [0, 0.05) is 35.5 Å². The Kier molecular flexibility index (Phi) is 6.29. The van der Waals surface area contributed by atoms with Crippen LogP contribution in [0.1, 0.15) is 10.4 Å². The monoisotopic (exact) mass is 440 g/mol. The first-order chi connectivity index (χ1) is 15.1. The van der Waals surface area contributed by atoms with Gasteiger partial charge in [-0.3, -0.25) is 14.3 Å². The molecule has 0 aliphatic rings. The summed E-state index contributed by atoms with van der Waals surface area (Å²) in [6.45, 7) is 6.03. The number of nitrogens with zero attached hydrogens (tertiary/aromatic N) is 2. The van der Waals surface area contributed by atoms with Crippen LogP contribution in [0.4, 0.5) is 24.7 Å². The summed E-state index contributed by atoms with van der Waals surface area (Å²) >= 11 is 0. The summed E-state index contributed by atoms with van der Waals surface area (Å²) in [7, 11) is 1.68. The highest BCUT2D eigenvalue weighted by Crippen LogP contribution is 2.30. The molecule has 0 unspecified atom stereocenters. The van der Waals surface area contributed by atoms with E-state index in [9.17, 15) is 22.8 Å². The highest BCUT2D eigenvalue weighted by atomic mass is 19.4. The summed E-state index contributed by atoms with van der Waals surface area (Å²) in [6.07, 6.45) is -4.73. The van der Waals surface area contributed by atoms with Crippen molar-refractivity contribution in [2.45, 2.75) is 6.18 Å². The predicted molar refractivity (Wildman–Crippen MR) is 116 cm³/mol. The van der Waals surface area contributed by atoms with Crippen LogP contribution in [0, 0.1) is 0 Å². The number of carbonyl (C=O) groups excluding carboxylic acids is 2. The highest BCUT2D eigenvalue weighted by molar-refractivity contribution is 6.06. The lowest BCUT2D eigenvalue weighted by molar-refractivity contribution is -0.115. The van der Waals surface area contributed by atoms with Crippen LogP contribution in [0.5, 0.6) is 0 Å². The molecule has 0 bridgehead atoms. The van der Waals surface area contributed by atoms with Gasteiger partial charge in [0.15, 0.2) is 0 Å². The summed E-state index contributed by atoms with van der Waals surface area (Å²) in [5.41, 5.74) is -0.0373. The van der Waals surface area contributed by atoms with E-state index in [-0.39, 0.29) is 11.6 Å². The van der Waals surface area contributed by atoms with Crippen molar-refractivity contribution in [3.63, 3.8) is 0 Å². The number of carbonyl (C=O) groups is 2. The van der Waals surface area contributed by atoms with Crippen LogP contribution in [-0.4, -0.2) is 27.8 Å². The van der Waals surface area contributed by atoms with Gasteiger partial charge in [-0.2, -0.15) is 18.3 Å². The Balaban J connectivity index is 1.69. The SMILES string of the molecule is C=C(C(=C)C(F)(F)F)C(=O)Nc1ccc(-c2cc(NC(=O)c3ccccc3)n(C)n2)cc1. The molecule has 32 heavy (non-hydrogen) atoms. The van der Waals surface area contributed by atoms with Crippen molar-refractivity contribution in [2.24, 2.45) is 7.05 Å². The summed E-state index contributed by atoms with van der Waals surface area (Å²) < 4.78 is 39.5. The third kappa shape index (κ3) is 5.12. The molecule has 0 radical (unpaired) electrons. The number of amides is 2. The topological polar surface area (TPSA) is 76.0 Å². The van der Waals surface area contributed by atoms with Gasteiger partial charge >= 0.3 is 6.18 Å². The average Bonchev–Trinajstić information content (AvgIpc) is 3.13. The van der Waals surface area contributed by atoms with Gasteiger partial charge in [-0.05, 0) is 24.3 Å². The highest BCUT2D eigenvalue weighted by Gasteiger charge is 2.35. The minimum atomic E-state index is -4.73. The first kappa shape index (κ1) is 22.5. The average molecular weight is 440 g/mol. The predicted octanol–water partition coefficient (Wildman–Crippen LogP) is 4.95. The van der Waals surface area contributed by atoms with E-state index < -0.39 is 23.2 Å². The standard InChI is InChI=1S/C23H19F3N4O2/c1-14(15(2)23(24,25)26)21(31)27-18-11-9-16(10-12-18)19-13-20(30(3)29-19)28-22(32)17-7-5-4-6-8-17/h4-13H,1-2H2,3H3,(H,27,31)(H,28,32). The van der Waals surface area contributed by atoms with Gasteiger partial charge in [-0.1, -0.05) is 43.5 Å². The first-order valence-corrected chi connectivity index (χ1v) is 9.34. The van der Waals surface area contributed by atoms with E-state index in [1.807, 2.05) is 6.07 Å². The molecule has 3 rings (SSSR count). The number of hydrogen-bond donors (Lipinski definition) is 2. The van der Waals surface area contributed by atoms with Gasteiger partial charge in [0.05, 0.1) is 11.3 Å². The molecular formula is C23H19F3N4O2. The van der Waals surface area contributed by atoms with Crippen molar-refractivity contribution in [1.29, 1.82) is 0 Å². The van der Waals surface area contributed by atoms with Crippen LogP contribution in [0.3, 0.4) is 0 Å². The fraction of sp³-hybridized carbons (Fsp3) is 0.0870. The van der Waals surface area contributed by atoms with Gasteiger partial charge in [-0.25, -0.2) is 0 Å². The number of halogens is 3. The minimum absolute atomic E-state index is 0.279. The molecule has 6 nitrogen and oxygen atoms in total. The maximum Gasteiger partial charge on any atom is 0.416 e. The molecule has 2 N–H and O–H groups in total. The third-order valence-electron chi connectivity index (χ3n) is 4.58. The quantitative estimate of drug-likeness (QED) is 0.421. The fourth-order valence-corrected chi connectivity index (χ4v) is 2.74. The van der Waals surface area contributed by atoms with Crippen molar-refractivity contribution in [1.82, 2.24) is 9.78 Å². The first-order valence-electron chi connectivity index (χ1n) is 9.34. The van der Waals surface area contributed by atoms with Crippen LogP contribution < -0.4 is 10.6 Å². The fourth-order valence-electron chi connectivity index (χ4n) is 2.74. The maximum absolute atomic E-state index is 12.7. The Labute approximate surface area is 182 Å². The normalized spacial score (nSPS) is 11.0. The number of nitrogens with one attached hydrogen (secondary N) is 2. The lowest BCUT2D eigenvalue weighted by atomic mass is 10.1. The molecule has 2 aromatic carbocycles. The number of hydrogen-bond acceptors (Lipinski definition) is 3. The second-order valence-electron chi connectivity index (χ2n) is 6.84. The number of alkyl halides is 3. The maximum atomic E-state index is 12.7. The Hall–Kier alpha value is -4.14. The number of rotatable bonds is 6. The molecule has 0 atom stereocenters. The number of benzene rings is 2. The van der Waals surface area contributed by atoms with Crippen molar-refractivity contribution in [3.05, 3.63) is 90.5 Å². The van der Waals surface area contributed by atoms with E-state index in [0.29, 0.717) is 22.6 Å². The number of aryl methyl sites for hydroxylation is 1. The van der Waals surface area contributed by atoms with Gasteiger partial charge in [0.25, 0.3) is 11.8 Å². The van der Waals surface area contributed by atoms with E-state index in [1.54, 1.807) is 49.5 Å². The zero-order valence-electron chi connectivity index (χ0n) is 17.0. The summed E-state index contributed by atoms with van der Waals surface area (Å²) in [6, 6.07) is 16.7. The van der Waals surface area contributed by atoms with Crippen LogP contribution in [0.2, 0.25) is 0 Å². The molecule has 0 saturated carbocycles.